The Kier molecular flexibility index (Phi) is 3.63. The van der Waals surface area contributed by atoms with Crippen LogP contribution in [0.1, 0.15) is 13.3 Å². The summed E-state index contributed by atoms with van der Waals surface area (Å²) in [7, 11) is 0. The summed E-state index contributed by atoms with van der Waals surface area (Å²) in [6, 6.07) is 0. The first kappa shape index (κ1) is 12.3. The molecule has 1 rings (SSSR count). The van der Waals surface area contributed by atoms with Crippen LogP contribution in [0.25, 0.3) is 0 Å². The number of amides is 1. The first-order valence-electron chi connectivity index (χ1n) is 4.54. The number of nitrogens with one attached hydrogen (secondary N) is 1. The summed E-state index contributed by atoms with van der Waals surface area (Å²) < 4.78 is 4.88. The van der Waals surface area contributed by atoms with Crippen LogP contribution in [0.15, 0.2) is 0 Å². The van der Waals surface area contributed by atoms with Crippen molar-refractivity contribution in [3.05, 3.63) is 0 Å². The second-order valence-corrected chi connectivity index (χ2v) is 3.57. The number of carbonyl (C=O) groups excluding carboxylic acids is 1. The van der Waals surface area contributed by atoms with Gasteiger partial charge in [-0.15, -0.1) is 0 Å². The maximum Gasteiger partial charge on any atom is 0.251 e. The van der Waals surface area contributed by atoms with Crippen molar-refractivity contribution in [2.75, 3.05) is 6.61 Å². The van der Waals surface area contributed by atoms with E-state index in [-0.39, 0.29) is 6.42 Å². The van der Waals surface area contributed by atoms with Gasteiger partial charge in [0.25, 0.3) is 5.91 Å². The fraction of sp³-hybridized carbons (Fsp3) is 0.875. The third kappa shape index (κ3) is 2.86. The molecule has 7 nitrogen and oxygen atoms in total. The molecule has 88 valence electrons. The molecule has 0 aromatic carbocycles. The number of rotatable bonds is 2. The minimum atomic E-state index is -2.04. The summed E-state index contributed by atoms with van der Waals surface area (Å²) in [5, 5.41) is 39.3. The van der Waals surface area contributed by atoms with Crippen LogP contribution >= 0.6 is 0 Å². The zero-order valence-corrected chi connectivity index (χ0v) is 8.25. The lowest BCUT2D eigenvalue weighted by Gasteiger charge is -2.41. The molecule has 0 radical (unpaired) electrons. The molecule has 4 atom stereocenters. The van der Waals surface area contributed by atoms with Crippen LogP contribution in [0.3, 0.4) is 0 Å². The van der Waals surface area contributed by atoms with Crippen LogP contribution in [0.2, 0.25) is 0 Å². The van der Waals surface area contributed by atoms with Gasteiger partial charge in [0.05, 0.1) is 19.1 Å². The number of hydrogen-bond acceptors (Lipinski definition) is 6. The molecule has 7 heteroatoms. The molecule has 0 aromatic heterocycles. The van der Waals surface area contributed by atoms with Gasteiger partial charge < -0.3 is 30.5 Å². The molecule has 1 aliphatic heterocycles. The van der Waals surface area contributed by atoms with Crippen molar-refractivity contribution in [2.45, 2.75) is 37.6 Å². The van der Waals surface area contributed by atoms with E-state index in [4.69, 9.17) is 9.84 Å². The average molecular weight is 221 g/mol. The Bertz CT molecular complexity index is 247. The van der Waals surface area contributed by atoms with Crippen molar-refractivity contribution < 1.29 is 30.0 Å². The highest BCUT2D eigenvalue weighted by atomic mass is 16.7. The smallest absolute Gasteiger partial charge is 0.251 e. The summed E-state index contributed by atoms with van der Waals surface area (Å²) in [6.07, 6.45) is -4.05. The van der Waals surface area contributed by atoms with E-state index in [0.717, 1.165) is 0 Å². The number of ether oxygens (including phenoxy) is 1. The first-order valence-corrected chi connectivity index (χ1v) is 4.54. The maximum atomic E-state index is 10.7. The summed E-state index contributed by atoms with van der Waals surface area (Å²) >= 11 is 0. The van der Waals surface area contributed by atoms with Crippen LogP contribution in [-0.4, -0.2) is 57.2 Å². The molecule has 1 amide bonds. The molecule has 1 fully saturated rings. The second kappa shape index (κ2) is 4.42. The highest BCUT2D eigenvalue weighted by molar-refractivity contribution is 5.73. The summed E-state index contributed by atoms with van der Waals surface area (Å²) in [4.78, 5) is 10.7. The molecule has 0 saturated carbocycles. The monoisotopic (exact) mass is 221 g/mol. The number of hydrogen-bond donors (Lipinski definition) is 5. The standard InChI is InChI=1S/C8H15NO6/c1-4(11)9-8(14)2-5(12)7(13)6(3-10)15-8/h5-7,10,12-14H,2-3H2,1H3,(H,9,11)/t5-,6-,7-,8+/m1/s1. The Hall–Kier alpha value is -0.730. The first-order chi connectivity index (χ1) is 6.88. The minimum absolute atomic E-state index is 0.357. The van der Waals surface area contributed by atoms with Crippen LogP contribution in [0.5, 0.6) is 0 Å². The molecular weight excluding hydrogens is 206 g/mol. The van der Waals surface area contributed by atoms with Gasteiger partial charge in [-0.2, -0.15) is 0 Å². The van der Waals surface area contributed by atoms with E-state index in [2.05, 4.69) is 5.32 Å². The van der Waals surface area contributed by atoms with Crippen molar-refractivity contribution in [2.24, 2.45) is 0 Å². The SMILES string of the molecule is CC(=O)N[C@]1(O)C[C@@H](O)[C@@H](O)[C@@H](CO)O1. The zero-order valence-electron chi connectivity index (χ0n) is 8.25. The minimum Gasteiger partial charge on any atom is -0.394 e. The van der Waals surface area contributed by atoms with E-state index in [1.807, 2.05) is 0 Å². The lowest BCUT2D eigenvalue weighted by Crippen LogP contribution is -2.62. The van der Waals surface area contributed by atoms with Crippen LogP contribution in [-0.2, 0) is 9.53 Å². The van der Waals surface area contributed by atoms with Gasteiger partial charge in [-0.1, -0.05) is 0 Å². The van der Waals surface area contributed by atoms with Crippen LogP contribution in [0, 0.1) is 0 Å². The van der Waals surface area contributed by atoms with E-state index in [1.165, 1.54) is 6.92 Å². The zero-order chi connectivity index (χ0) is 11.6. The predicted octanol–water partition coefficient (Wildman–Crippen LogP) is -2.73. The van der Waals surface area contributed by atoms with Gasteiger partial charge in [-0.3, -0.25) is 4.79 Å². The van der Waals surface area contributed by atoms with Crippen molar-refractivity contribution in [1.29, 1.82) is 0 Å². The van der Waals surface area contributed by atoms with E-state index < -0.39 is 36.7 Å². The third-order valence-corrected chi connectivity index (χ3v) is 2.16. The van der Waals surface area contributed by atoms with E-state index in [0.29, 0.717) is 0 Å². The third-order valence-electron chi connectivity index (χ3n) is 2.16. The number of carbonyl (C=O) groups is 1. The average Bonchev–Trinajstić information content (AvgIpc) is 2.09. The summed E-state index contributed by atoms with van der Waals surface area (Å²) in [6.45, 7) is 0.604. The Labute approximate surface area is 86.3 Å². The van der Waals surface area contributed by atoms with Crippen molar-refractivity contribution in [1.82, 2.24) is 5.32 Å². The molecule has 5 N–H and O–H groups in total. The highest BCUT2D eigenvalue weighted by Crippen LogP contribution is 2.25. The fourth-order valence-corrected chi connectivity index (χ4v) is 1.52. The molecule has 1 aliphatic rings. The van der Waals surface area contributed by atoms with Crippen LogP contribution in [0.4, 0.5) is 0 Å². The van der Waals surface area contributed by atoms with E-state index in [1.54, 1.807) is 0 Å². The summed E-state index contributed by atoms with van der Waals surface area (Å²) in [5.74, 6) is -2.59. The lowest BCUT2D eigenvalue weighted by molar-refractivity contribution is -0.315. The molecule has 15 heavy (non-hydrogen) atoms. The van der Waals surface area contributed by atoms with Gasteiger partial charge in [-0.05, 0) is 0 Å². The Morgan fingerprint density at radius 2 is 2.20 bits per heavy atom. The fourth-order valence-electron chi connectivity index (χ4n) is 1.52. The molecule has 0 spiro atoms. The van der Waals surface area contributed by atoms with Crippen LogP contribution < -0.4 is 5.32 Å². The maximum absolute atomic E-state index is 10.7. The van der Waals surface area contributed by atoms with Crippen molar-refractivity contribution in [3.63, 3.8) is 0 Å². The number of aliphatic hydroxyl groups is 4. The van der Waals surface area contributed by atoms with Gasteiger partial charge in [0.2, 0.25) is 5.91 Å². The van der Waals surface area contributed by atoms with Gasteiger partial charge in [-0.25, -0.2) is 0 Å². The van der Waals surface area contributed by atoms with E-state index in [9.17, 15) is 20.1 Å². The quantitative estimate of drug-likeness (QED) is 0.323. The Morgan fingerprint density at radius 3 is 2.67 bits per heavy atom. The lowest BCUT2D eigenvalue weighted by atomic mass is 9.99. The molecule has 0 unspecified atom stereocenters. The normalized spacial score (nSPS) is 41.3. The molecule has 0 aromatic rings. The van der Waals surface area contributed by atoms with Gasteiger partial charge >= 0.3 is 0 Å². The summed E-state index contributed by atoms with van der Waals surface area (Å²) in [5.41, 5.74) is 0. The van der Waals surface area contributed by atoms with Crippen molar-refractivity contribution >= 4 is 5.91 Å². The van der Waals surface area contributed by atoms with Gasteiger partial charge in [0.15, 0.2) is 0 Å². The Balaban J connectivity index is 2.73. The van der Waals surface area contributed by atoms with Gasteiger partial charge in [0.1, 0.15) is 12.2 Å². The Morgan fingerprint density at radius 1 is 1.60 bits per heavy atom. The predicted molar refractivity (Wildman–Crippen MR) is 47.4 cm³/mol. The molecule has 1 heterocycles. The van der Waals surface area contributed by atoms with Crippen molar-refractivity contribution in [3.8, 4) is 0 Å². The largest absolute Gasteiger partial charge is 0.394 e. The molecule has 0 aliphatic carbocycles. The number of aliphatic hydroxyl groups excluding tert-OH is 3. The molecular formula is C8H15NO6. The van der Waals surface area contributed by atoms with Gasteiger partial charge in [0, 0.05) is 6.92 Å². The highest BCUT2D eigenvalue weighted by Gasteiger charge is 2.45. The second-order valence-electron chi connectivity index (χ2n) is 3.57. The topological polar surface area (TPSA) is 119 Å². The molecule has 0 bridgehead atoms. The molecule has 1 saturated heterocycles. The van der Waals surface area contributed by atoms with E-state index >= 15 is 0 Å².